The van der Waals surface area contributed by atoms with Gasteiger partial charge in [0.2, 0.25) is 5.91 Å². The Morgan fingerprint density at radius 3 is 2.74 bits per heavy atom. The zero-order chi connectivity index (χ0) is 25.3. The number of anilines is 1. The van der Waals surface area contributed by atoms with Gasteiger partial charge in [-0.3, -0.25) is 14.3 Å². The van der Waals surface area contributed by atoms with Gasteiger partial charge in [-0.05, 0) is 45.0 Å². The van der Waals surface area contributed by atoms with E-state index in [0.29, 0.717) is 38.9 Å². The Hall–Kier alpha value is -3.92. The molecule has 0 unspecified atom stereocenters. The topological polar surface area (TPSA) is 107 Å². The number of ether oxygens (including phenoxy) is 1. The highest BCUT2D eigenvalue weighted by Gasteiger charge is 2.25. The smallest absolute Gasteiger partial charge is 0.261 e. The van der Waals surface area contributed by atoms with Gasteiger partial charge in [-0.1, -0.05) is 11.6 Å². The molecule has 1 aromatic carbocycles. The third kappa shape index (κ3) is 4.97. The van der Waals surface area contributed by atoms with E-state index in [1.165, 1.54) is 22.5 Å². The Balaban J connectivity index is 1.74. The highest BCUT2D eigenvalue weighted by atomic mass is 35.5. The molecule has 0 spiro atoms. The third-order valence-electron chi connectivity index (χ3n) is 5.63. The van der Waals surface area contributed by atoms with Crippen molar-refractivity contribution < 1.29 is 14.3 Å². The van der Waals surface area contributed by atoms with E-state index in [1.807, 2.05) is 20.8 Å². The van der Waals surface area contributed by atoms with Gasteiger partial charge in [-0.15, -0.1) is 0 Å². The molecule has 0 aliphatic heterocycles. The highest BCUT2D eigenvalue weighted by Crippen LogP contribution is 2.36. The van der Waals surface area contributed by atoms with E-state index in [-0.39, 0.29) is 18.0 Å². The number of carbonyl (C=O) groups excluding carboxylic acids is 2. The maximum atomic E-state index is 13.2. The lowest BCUT2D eigenvalue weighted by Crippen LogP contribution is -2.44. The van der Waals surface area contributed by atoms with Gasteiger partial charge in [0.25, 0.3) is 5.91 Å². The molecular formula is C24H26ClN7O3. The molecule has 2 amide bonds. The zero-order valence-corrected chi connectivity index (χ0v) is 20.9. The summed E-state index contributed by atoms with van der Waals surface area (Å²) in [6.07, 6.45) is 6.35. The number of halogens is 1. The molecule has 1 N–H and O–H groups in total. The largest absolute Gasteiger partial charge is 0.496 e. The molecule has 10 nitrogen and oxygen atoms in total. The number of aromatic nitrogens is 5. The zero-order valence-electron chi connectivity index (χ0n) is 20.1. The molecule has 0 aliphatic rings. The van der Waals surface area contributed by atoms with Gasteiger partial charge < -0.3 is 15.0 Å². The molecule has 0 saturated carbocycles. The van der Waals surface area contributed by atoms with Crippen molar-refractivity contribution in [2.24, 2.45) is 0 Å². The van der Waals surface area contributed by atoms with E-state index in [0.717, 1.165) is 0 Å². The second-order valence-electron chi connectivity index (χ2n) is 8.96. The van der Waals surface area contributed by atoms with Gasteiger partial charge in [-0.25, -0.2) is 9.50 Å². The van der Waals surface area contributed by atoms with Crippen molar-refractivity contribution in [3.8, 4) is 17.0 Å². The molecule has 182 valence electrons. The molecule has 0 atom stereocenters. The molecule has 3 heterocycles. The van der Waals surface area contributed by atoms with Crippen LogP contribution >= 0.6 is 11.6 Å². The summed E-state index contributed by atoms with van der Waals surface area (Å²) in [5, 5.41) is 12.1. The van der Waals surface area contributed by atoms with Crippen LogP contribution in [-0.4, -0.2) is 60.8 Å². The average Bonchev–Trinajstić information content (AvgIpc) is 3.41. The van der Waals surface area contributed by atoms with Crippen molar-refractivity contribution in [1.82, 2.24) is 29.3 Å². The van der Waals surface area contributed by atoms with Gasteiger partial charge in [0.15, 0.2) is 5.65 Å². The van der Waals surface area contributed by atoms with E-state index in [2.05, 4.69) is 20.5 Å². The standard InChI is InChI=1S/C24H26ClN7O3/c1-24(2,3)30(4)20(33)14-31-13-18(21(29-31)16-11-15(25)7-8-19(16)35-5)28-23(34)17-12-27-32-10-6-9-26-22(17)32/h6-13H,14H2,1-5H3,(H,28,34). The number of carbonyl (C=O) groups is 2. The van der Waals surface area contributed by atoms with Gasteiger partial charge in [0, 0.05) is 41.8 Å². The summed E-state index contributed by atoms with van der Waals surface area (Å²) in [6.45, 7) is 5.84. The summed E-state index contributed by atoms with van der Waals surface area (Å²) in [5.41, 5.74) is 1.73. The van der Waals surface area contributed by atoms with E-state index in [1.54, 1.807) is 54.8 Å². The van der Waals surface area contributed by atoms with Crippen molar-refractivity contribution >= 4 is 34.7 Å². The highest BCUT2D eigenvalue weighted by molar-refractivity contribution is 6.31. The molecule has 0 saturated heterocycles. The minimum Gasteiger partial charge on any atom is -0.496 e. The maximum Gasteiger partial charge on any atom is 0.261 e. The number of fused-ring (bicyclic) bond motifs is 1. The van der Waals surface area contributed by atoms with Crippen LogP contribution in [0.15, 0.2) is 49.1 Å². The molecule has 0 radical (unpaired) electrons. The molecule has 11 heteroatoms. The van der Waals surface area contributed by atoms with Crippen molar-refractivity contribution in [2.75, 3.05) is 19.5 Å². The number of nitrogens with zero attached hydrogens (tertiary/aromatic N) is 6. The van der Waals surface area contributed by atoms with Crippen LogP contribution in [-0.2, 0) is 11.3 Å². The quantitative estimate of drug-likeness (QED) is 0.436. The fraction of sp³-hybridized carbons (Fsp3) is 0.292. The first kappa shape index (κ1) is 24.2. The normalized spacial score (nSPS) is 11.5. The van der Waals surface area contributed by atoms with E-state index >= 15 is 0 Å². The lowest BCUT2D eigenvalue weighted by atomic mass is 10.1. The van der Waals surface area contributed by atoms with Crippen LogP contribution in [0.4, 0.5) is 5.69 Å². The summed E-state index contributed by atoms with van der Waals surface area (Å²) in [7, 11) is 3.28. The summed E-state index contributed by atoms with van der Waals surface area (Å²) in [6, 6.07) is 6.84. The molecule has 4 aromatic rings. The van der Waals surface area contributed by atoms with Crippen LogP contribution in [0.25, 0.3) is 16.9 Å². The minimum absolute atomic E-state index is 0.0161. The number of benzene rings is 1. The molecular weight excluding hydrogens is 470 g/mol. The number of methoxy groups -OCH3 is 1. The third-order valence-corrected chi connectivity index (χ3v) is 5.86. The van der Waals surface area contributed by atoms with E-state index in [9.17, 15) is 9.59 Å². The number of nitrogens with one attached hydrogen (secondary N) is 1. The Kier molecular flexibility index (Phi) is 6.49. The Morgan fingerprint density at radius 1 is 1.26 bits per heavy atom. The lowest BCUT2D eigenvalue weighted by Gasteiger charge is -2.31. The molecule has 3 aromatic heterocycles. The van der Waals surface area contributed by atoms with Crippen molar-refractivity contribution in [3.05, 3.63) is 59.6 Å². The number of rotatable bonds is 6. The molecule has 0 aliphatic carbocycles. The first-order valence-electron chi connectivity index (χ1n) is 10.9. The van der Waals surface area contributed by atoms with Crippen LogP contribution in [0, 0.1) is 0 Å². The first-order valence-corrected chi connectivity index (χ1v) is 11.2. The lowest BCUT2D eigenvalue weighted by molar-refractivity contribution is -0.134. The molecule has 4 rings (SSSR count). The fourth-order valence-electron chi connectivity index (χ4n) is 3.45. The first-order chi connectivity index (χ1) is 16.6. The van der Waals surface area contributed by atoms with Crippen molar-refractivity contribution in [2.45, 2.75) is 32.9 Å². The predicted octanol–water partition coefficient (Wildman–Crippen LogP) is 3.76. The molecule has 0 bridgehead atoms. The molecule has 35 heavy (non-hydrogen) atoms. The Morgan fingerprint density at radius 2 is 2.03 bits per heavy atom. The second kappa shape index (κ2) is 9.38. The fourth-order valence-corrected chi connectivity index (χ4v) is 3.63. The Labute approximate surface area is 207 Å². The van der Waals surface area contributed by atoms with Gasteiger partial charge in [0.05, 0.1) is 19.0 Å². The monoisotopic (exact) mass is 495 g/mol. The predicted molar refractivity (Wildman–Crippen MR) is 133 cm³/mol. The maximum absolute atomic E-state index is 13.2. The van der Waals surface area contributed by atoms with Crippen molar-refractivity contribution in [3.63, 3.8) is 0 Å². The van der Waals surface area contributed by atoms with E-state index in [4.69, 9.17) is 16.3 Å². The second-order valence-corrected chi connectivity index (χ2v) is 9.39. The summed E-state index contributed by atoms with van der Waals surface area (Å²) in [4.78, 5) is 31.9. The summed E-state index contributed by atoms with van der Waals surface area (Å²) < 4.78 is 8.50. The number of amides is 2. The number of hydrogen-bond donors (Lipinski definition) is 1. The van der Waals surface area contributed by atoms with Gasteiger partial charge in [-0.2, -0.15) is 10.2 Å². The van der Waals surface area contributed by atoms with Gasteiger partial charge in [0.1, 0.15) is 23.6 Å². The van der Waals surface area contributed by atoms with Crippen LogP contribution in [0.1, 0.15) is 31.1 Å². The minimum atomic E-state index is -0.418. The van der Waals surface area contributed by atoms with Crippen LogP contribution in [0.2, 0.25) is 5.02 Å². The average molecular weight is 496 g/mol. The van der Waals surface area contributed by atoms with Crippen LogP contribution in [0.3, 0.4) is 0 Å². The number of likely N-dealkylation sites (N-methyl/N-ethyl adjacent to an activating group) is 1. The van der Waals surface area contributed by atoms with Crippen LogP contribution in [0.5, 0.6) is 5.75 Å². The molecule has 0 fully saturated rings. The van der Waals surface area contributed by atoms with E-state index < -0.39 is 5.91 Å². The Bertz CT molecular complexity index is 1400. The van der Waals surface area contributed by atoms with Gasteiger partial charge >= 0.3 is 0 Å². The van der Waals surface area contributed by atoms with Crippen molar-refractivity contribution in [1.29, 1.82) is 0 Å². The SMILES string of the molecule is COc1ccc(Cl)cc1-c1nn(CC(=O)N(C)C(C)(C)C)cc1NC(=O)c1cnn2cccnc12. The summed E-state index contributed by atoms with van der Waals surface area (Å²) >= 11 is 6.25. The summed E-state index contributed by atoms with van der Waals surface area (Å²) in [5.74, 6) is -0.0288. The van der Waals surface area contributed by atoms with Crippen LogP contribution < -0.4 is 10.1 Å². The number of hydrogen-bond acceptors (Lipinski definition) is 6.